The molecule has 0 aromatic carbocycles. The van der Waals surface area contributed by atoms with Crippen LogP contribution in [-0.4, -0.2) is 36.4 Å². The lowest BCUT2D eigenvalue weighted by Crippen LogP contribution is -2.21. The van der Waals surface area contributed by atoms with Crippen LogP contribution in [0.5, 0.6) is 0 Å². The van der Waals surface area contributed by atoms with Crippen molar-refractivity contribution in [2.24, 2.45) is 0 Å². The van der Waals surface area contributed by atoms with Gasteiger partial charge < -0.3 is 5.32 Å². The van der Waals surface area contributed by atoms with Crippen molar-refractivity contribution in [3.63, 3.8) is 0 Å². The van der Waals surface area contributed by atoms with Crippen molar-refractivity contribution in [1.29, 1.82) is 0 Å². The van der Waals surface area contributed by atoms with Crippen LogP contribution in [0, 0.1) is 0 Å². The summed E-state index contributed by atoms with van der Waals surface area (Å²) in [6, 6.07) is 0. The number of hydrogen-bond acceptors (Lipinski definition) is 3. The van der Waals surface area contributed by atoms with Gasteiger partial charge in [0.15, 0.2) is 0 Å². The summed E-state index contributed by atoms with van der Waals surface area (Å²) >= 11 is 1.70. The molecule has 0 radical (unpaired) electrons. The van der Waals surface area contributed by atoms with Gasteiger partial charge in [-0.25, -0.2) is 0 Å². The highest BCUT2D eigenvalue weighted by Gasteiger charge is 2.27. The van der Waals surface area contributed by atoms with Crippen molar-refractivity contribution >= 4 is 23.5 Å². The molecule has 0 fully saturated rings. The Morgan fingerprint density at radius 3 is 2.25 bits per heavy atom. The van der Waals surface area contributed by atoms with Gasteiger partial charge in [-0.15, -0.1) is 0 Å². The summed E-state index contributed by atoms with van der Waals surface area (Å²) in [5.41, 5.74) is -4.08. The van der Waals surface area contributed by atoms with Crippen LogP contribution in [-0.2, 0) is 0 Å². The molecule has 0 heterocycles. The van der Waals surface area contributed by atoms with E-state index in [-0.39, 0.29) is 17.5 Å². The van der Waals surface area contributed by atoms with Crippen LogP contribution in [0.4, 0.5) is 13.2 Å². The zero-order valence-corrected chi connectivity index (χ0v) is 8.41. The fourth-order valence-corrected chi connectivity index (χ4v) is 1.36. The lowest BCUT2D eigenvalue weighted by molar-refractivity contribution is -0.0327. The monoisotopic (exact) mass is 219 g/mol. The van der Waals surface area contributed by atoms with Gasteiger partial charge in [0.05, 0.1) is 0 Å². The lowest BCUT2D eigenvalue weighted by atomic mass is 10.7. The van der Waals surface area contributed by atoms with E-state index in [0.717, 1.165) is 12.3 Å². The fourth-order valence-electron chi connectivity index (χ4n) is 0.538. The summed E-state index contributed by atoms with van der Waals surface area (Å²) in [7, 11) is 0. The summed E-state index contributed by atoms with van der Waals surface area (Å²) in [5, 5.41) is 2.92. The molecule has 0 aliphatic carbocycles. The first-order chi connectivity index (χ1) is 5.56. The zero-order valence-electron chi connectivity index (χ0n) is 6.78. The van der Waals surface area contributed by atoms with Crippen molar-refractivity contribution < 1.29 is 13.2 Å². The molecular formula is C6H12F3NS2. The molecule has 0 aliphatic rings. The second-order valence-corrected chi connectivity index (χ2v) is 4.18. The molecule has 0 aromatic rings. The highest BCUT2D eigenvalue weighted by Crippen LogP contribution is 2.29. The lowest BCUT2D eigenvalue weighted by Gasteiger charge is -2.05. The van der Waals surface area contributed by atoms with Crippen molar-refractivity contribution in [2.75, 3.05) is 30.9 Å². The number of alkyl halides is 3. The number of hydrogen-bond donors (Lipinski definition) is 1. The summed E-state index contributed by atoms with van der Waals surface area (Å²) in [6.45, 7) is 1.20. The Morgan fingerprint density at radius 2 is 1.75 bits per heavy atom. The third kappa shape index (κ3) is 10.4. The van der Waals surface area contributed by atoms with Crippen LogP contribution in [0.25, 0.3) is 0 Å². The van der Waals surface area contributed by atoms with Gasteiger partial charge in [-0.2, -0.15) is 24.9 Å². The maximum atomic E-state index is 11.6. The van der Waals surface area contributed by atoms with E-state index in [2.05, 4.69) is 5.32 Å². The topological polar surface area (TPSA) is 12.0 Å². The van der Waals surface area contributed by atoms with Crippen LogP contribution in [0.2, 0.25) is 0 Å². The second kappa shape index (κ2) is 6.91. The van der Waals surface area contributed by atoms with E-state index >= 15 is 0 Å². The van der Waals surface area contributed by atoms with Gasteiger partial charge in [0.2, 0.25) is 0 Å². The van der Waals surface area contributed by atoms with Crippen LogP contribution in [0.1, 0.15) is 0 Å². The molecule has 0 unspecified atom stereocenters. The van der Waals surface area contributed by atoms with Gasteiger partial charge in [-0.05, 0) is 18.0 Å². The van der Waals surface area contributed by atoms with E-state index in [4.69, 9.17) is 0 Å². The summed E-state index contributed by atoms with van der Waals surface area (Å²) < 4.78 is 34.7. The van der Waals surface area contributed by atoms with Crippen molar-refractivity contribution in [3.05, 3.63) is 0 Å². The van der Waals surface area contributed by atoms with Gasteiger partial charge >= 0.3 is 5.51 Å². The van der Waals surface area contributed by atoms with Crippen LogP contribution < -0.4 is 5.32 Å². The summed E-state index contributed by atoms with van der Waals surface area (Å²) in [4.78, 5) is 0. The zero-order chi connectivity index (χ0) is 9.45. The molecule has 0 aliphatic heterocycles. The average Bonchev–Trinajstić information content (AvgIpc) is 1.94. The fraction of sp³-hybridized carbons (Fsp3) is 1.00. The molecule has 0 bridgehead atoms. The van der Waals surface area contributed by atoms with Crippen LogP contribution in [0.15, 0.2) is 0 Å². The predicted octanol–water partition coefficient (Wildman–Crippen LogP) is 2.19. The first kappa shape index (κ1) is 12.4. The molecule has 0 amide bonds. The molecule has 74 valence electrons. The molecule has 0 saturated carbocycles. The first-order valence-corrected chi connectivity index (χ1v) is 5.84. The molecule has 0 saturated heterocycles. The van der Waals surface area contributed by atoms with E-state index in [9.17, 15) is 13.2 Å². The molecule has 6 heteroatoms. The average molecular weight is 219 g/mol. The van der Waals surface area contributed by atoms with E-state index in [1.165, 1.54) is 0 Å². The van der Waals surface area contributed by atoms with Gasteiger partial charge in [0, 0.05) is 24.6 Å². The van der Waals surface area contributed by atoms with Gasteiger partial charge in [0.1, 0.15) is 0 Å². The second-order valence-electron chi connectivity index (χ2n) is 2.04. The van der Waals surface area contributed by atoms with Gasteiger partial charge in [-0.3, -0.25) is 0 Å². The molecule has 0 atom stereocenters. The number of rotatable bonds is 6. The van der Waals surface area contributed by atoms with Crippen molar-refractivity contribution in [3.8, 4) is 0 Å². The number of halogens is 3. The maximum absolute atomic E-state index is 11.6. The predicted molar refractivity (Wildman–Crippen MR) is 49.8 cm³/mol. The minimum absolute atomic E-state index is 0.0223. The van der Waals surface area contributed by atoms with Crippen molar-refractivity contribution in [1.82, 2.24) is 5.32 Å². The molecule has 0 spiro atoms. The Morgan fingerprint density at radius 1 is 1.17 bits per heavy atom. The smallest absolute Gasteiger partial charge is 0.315 e. The molecule has 1 nitrogen and oxygen atoms in total. The molecule has 1 N–H and O–H groups in total. The number of thioether (sulfide) groups is 2. The third-order valence-corrected chi connectivity index (χ3v) is 2.38. The molecule has 12 heavy (non-hydrogen) atoms. The Balaban J connectivity index is 3.01. The van der Waals surface area contributed by atoms with Gasteiger partial charge in [0.25, 0.3) is 0 Å². The maximum Gasteiger partial charge on any atom is 0.441 e. The Kier molecular flexibility index (Phi) is 7.17. The molecule has 0 aromatic heterocycles. The minimum atomic E-state index is -4.08. The summed E-state index contributed by atoms with van der Waals surface area (Å²) in [5.74, 6) is 1.04. The third-order valence-electron chi connectivity index (χ3n) is 1.03. The van der Waals surface area contributed by atoms with E-state index in [0.29, 0.717) is 6.54 Å². The standard InChI is InChI=1S/C6H12F3NS2/c1-11-4-2-10-3-5-12-6(7,8)9/h10H,2-5H2,1H3. The van der Waals surface area contributed by atoms with Crippen LogP contribution in [0.3, 0.4) is 0 Å². The quantitative estimate of drug-likeness (QED) is 0.688. The Hall–Kier alpha value is 0.450. The van der Waals surface area contributed by atoms with Crippen molar-refractivity contribution in [2.45, 2.75) is 5.51 Å². The normalized spacial score (nSPS) is 12.0. The van der Waals surface area contributed by atoms with E-state index < -0.39 is 5.51 Å². The minimum Gasteiger partial charge on any atom is -0.315 e. The van der Waals surface area contributed by atoms with E-state index in [1.807, 2.05) is 6.26 Å². The van der Waals surface area contributed by atoms with Gasteiger partial charge in [-0.1, -0.05) is 0 Å². The SMILES string of the molecule is CSCCNCCSC(F)(F)F. The Bertz CT molecular complexity index is 107. The largest absolute Gasteiger partial charge is 0.441 e. The van der Waals surface area contributed by atoms with Crippen LogP contribution >= 0.6 is 23.5 Å². The summed E-state index contributed by atoms with van der Waals surface area (Å²) in [6.07, 6.45) is 1.96. The Labute approximate surface area is 78.9 Å². The molecular weight excluding hydrogens is 207 g/mol. The highest BCUT2D eigenvalue weighted by atomic mass is 32.2. The number of nitrogens with one attached hydrogen (secondary N) is 1. The first-order valence-electron chi connectivity index (χ1n) is 3.46. The highest BCUT2D eigenvalue weighted by molar-refractivity contribution is 8.00. The van der Waals surface area contributed by atoms with E-state index in [1.54, 1.807) is 11.8 Å². The molecule has 0 rings (SSSR count).